The second-order valence-corrected chi connectivity index (χ2v) is 7.35. The smallest absolute Gasteiger partial charge is 0.175 e. The summed E-state index contributed by atoms with van der Waals surface area (Å²) in [5, 5.41) is 0.679. The predicted octanol–water partition coefficient (Wildman–Crippen LogP) is 6.89. The van der Waals surface area contributed by atoms with Crippen molar-refractivity contribution in [2.24, 2.45) is 4.99 Å². The number of benzene rings is 3. The van der Waals surface area contributed by atoms with Gasteiger partial charge in [-0.15, -0.1) is 0 Å². The number of nitrogens with zero attached hydrogens (tertiary/aromatic N) is 1. The Balaban J connectivity index is 1.81. The van der Waals surface area contributed by atoms with Gasteiger partial charge in [0, 0.05) is 11.2 Å². The van der Waals surface area contributed by atoms with Crippen molar-refractivity contribution in [2.45, 2.75) is 13.5 Å². The van der Waals surface area contributed by atoms with Gasteiger partial charge in [0.05, 0.1) is 17.3 Å². The molecule has 0 aliphatic heterocycles. The molecule has 28 heavy (non-hydrogen) atoms. The molecule has 0 bridgehead atoms. The predicted molar refractivity (Wildman–Crippen MR) is 115 cm³/mol. The van der Waals surface area contributed by atoms with E-state index in [4.69, 9.17) is 21.1 Å². The Kier molecular flexibility index (Phi) is 6.70. The Morgan fingerprint density at radius 3 is 2.61 bits per heavy atom. The van der Waals surface area contributed by atoms with E-state index in [0.717, 1.165) is 26.9 Å². The number of hydrogen-bond donors (Lipinski definition) is 0. The Hall–Kier alpha value is -2.37. The van der Waals surface area contributed by atoms with Crippen LogP contribution in [-0.2, 0) is 6.61 Å². The van der Waals surface area contributed by atoms with E-state index in [1.165, 1.54) is 12.1 Å². The lowest BCUT2D eigenvalue weighted by molar-refractivity contribution is 0.282. The lowest BCUT2D eigenvalue weighted by atomic mass is 10.2. The summed E-state index contributed by atoms with van der Waals surface area (Å²) in [7, 11) is 1.58. The fourth-order valence-electron chi connectivity index (χ4n) is 2.57. The third kappa shape index (κ3) is 4.91. The molecule has 0 atom stereocenters. The monoisotopic (exact) mass is 461 g/mol. The maximum Gasteiger partial charge on any atom is 0.175 e. The van der Waals surface area contributed by atoms with Crippen molar-refractivity contribution in [3.8, 4) is 11.5 Å². The summed E-state index contributed by atoms with van der Waals surface area (Å²) in [6.07, 6.45) is 1.75. The summed E-state index contributed by atoms with van der Waals surface area (Å²) in [5.74, 6) is 0.866. The molecule has 0 radical (unpaired) electrons. The number of methoxy groups -OCH3 is 1. The van der Waals surface area contributed by atoms with Gasteiger partial charge in [-0.1, -0.05) is 29.8 Å². The fraction of sp³-hybridized carbons (Fsp3) is 0.136. The van der Waals surface area contributed by atoms with E-state index in [-0.39, 0.29) is 5.82 Å². The highest BCUT2D eigenvalue weighted by atomic mass is 79.9. The summed E-state index contributed by atoms with van der Waals surface area (Å²) >= 11 is 9.67. The molecule has 0 saturated carbocycles. The molecule has 0 N–H and O–H groups in total. The van der Waals surface area contributed by atoms with E-state index in [2.05, 4.69) is 20.9 Å². The van der Waals surface area contributed by atoms with Gasteiger partial charge in [-0.25, -0.2) is 4.39 Å². The van der Waals surface area contributed by atoms with Gasteiger partial charge < -0.3 is 9.47 Å². The average molecular weight is 463 g/mol. The van der Waals surface area contributed by atoms with Crippen LogP contribution in [0.2, 0.25) is 5.02 Å². The molecule has 0 aliphatic rings. The fourth-order valence-corrected chi connectivity index (χ4v) is 3.31. The number of rotatable bonds is 6. The van der Waals surface area contributed by atoms with Gasteiger partial charge in [-0.2, -0.15) is 0 Å². The number of ether oxygens (including phenoxy) is 2. The van der Waals surface area contributed by atoms with Crippen LogP contribution in [0.3, 0.4) is 0 Å². The maximum absolute atomic E-state index is 13.0. The normalized spacial score (nSPS) is 11.0. The molecule has 0 heterocycles. The molecule has 0 saturated heterocycles. The van der Waals surface area contributed by atoms with Crippen molar-refractivity contribution in [1.82, 2.24) is 0 Å². The Morgan fingerprint density at radius 2 is 1.89 bits per heavy atom. The van der Waals surface area contributed by atoms with Crippen LogP contribution in [0.4, 0.5) is 10.1 Å². The molecule has 0 unspecified atom stereocenters. The minimum atomic E-state index is -0.277. The third-order valence-electron chi connectivity index (χ3n) is 4.14. The van der Waals surface area contributed by atoms with Crippen molar-refractivity contribution in [2.75, 3.05) is 7.11 Å². The standard InChI is InChI=1S/C22H18BrClFNO2/c1-14-19(24)4-3-5-20(14)26-12-16-10-18(23)22(21(11-16)27-2)28-13-15-6-8-17(25)9-7-15/h3-12H,13H2,1-2H3. The van der Waals surface area contributed by atoms with Crippen molar-refractivity contribution < 1.29 is 13.9 Å². The van der Waals surface area contributed by atoms with Crippen LogP contribution in [0.5, 0.6) is 11.5 Å². The molecule has 0 amide bonds. The van der Waals surface area contributed by atoms with Gasteiger partial charge in [0.1, 0.15) is 12.4 Å². The zero-order valence-corrected chi connectivity index (χ0v) is 17.7. The van der Waals surface area contributed by atoms with Crippen molar-refractivity contribution >= 4 is 39.4 Å². The Morgan fingerprint density at radius 1 is 1.14 bits per heavy atom. The topological polar surface area (TPSA) is 30.8 Å². The average Bonchev–Trinajstić information content (AvgIpc) is 2.69. The molecular formula is C22H18BrClFNO2. The summed E-state index contributed by atoms with van der Waals surface area (Å²) in [5.41, 5.74) is 3.43. The number of hydrogen-bond acceptors (Lipinski definition) is 3. The molecule has 3 aromatic carbocycles. The first-order chi connectivity index (χ1) is 13.5. The van der Waals surface area contributed by atoms with Crippen LogP contribution in [0.1, 0.15) is 16.7 Å². The zero-order valence-electron chi connectivity index (χ0n) is 15.4. The molecule has 3 nitrogen and oxygen atoms in total. The SMILES string of the molecule is COc1cc(C=Nc2cccc(Cl)c2C)cc(Br)c1OCc1ccc(F)cc1. The van der Waals surface area contributed by atoms with E-state index in [1.54, 1.807) is 25.5 Å². The highest BCUT2D eigenvalue weighted by molar-refractivity contribution is 9.10. The van der Waals surface area contributed by atoms with Crippen LogP contribution in [-0.4, -0.2) is 13.3 Å². The van der Waals surface area contributed by atoms with Crippen LogP contribution in [0.25, 0.3) is 0 Å². The Bertz CT molecular complexity index is 1010. The highest BCUT2D eigenvalue weighted by Gasteiger charge is 2.12. The third-order valence-corrected chi connectivity index (χ3v) is 5.14. The van der Waals surface area contributed by atoms with E-state index in [1.807, 2.05) is 37.3 Å². The molecular weight excluding hydrogens is 445 g/mol. The molecule has 3 rings (SSSR count). The van der Waals surface area contributed by atoms with E-state index >= 15 is 0 Å². The molecule has 0 fully saturated rings. The lowest BCUT2D eigenvalue weighted by Crippen LogP contribution is -1.99. The molecule has 0 aliphatic carbocycles. The van der Waals surface area contributed by atoms with Crippen LogP contribution >= 0.6 is 27.5 Å². The molecule has 6 heteroatoms. The van der Waals surface area contributed by atoms with Gasteiger partial charge in [-0.3, -0.25) is 4.99 Å². The highest BCUT2D eigenvalue weighted by Crippen LogP contribution is 2.37. The largest absolute Gasteiger partial charge is 0.493 e. The minimum absolute atomic E-state index is 0.277. The molecule has 144 valence electrons. The number of halogens is 3. The maximum atomic E-state index is 13.0. The quantitative estimate of drug-likeness (QED) is 0.374. The number of aliphatic imine (C=N–C) groups is 1. The van der Waals surface area contributed by atoms with Gasteiger partial charge in [-0.05, 0) is 75.9 Å². The summed E-state index contributed by atoms with van der Waals surface area (Å²) in [6, 6.07) is 15.5. The van der Waals surface area contributed by atoms with Crippen LogP contribution < -0.4 is 9.47 Å². The van der Waals surface area contributed by atoms with Gasteiger partial charge in [0.25, 0.3) is 0 Å². The van der Waals surface area contributed by atoms with Crippen molar-refractivity contribution in [1.29, 1.82) is 0 Å². The Labute approximate surface area is 176 Å². The van der Waals surface area contributed by atoms with Crippen LogP contribution in [0, 0.1) is 12.7 Å². The van der Waals surface area contributed by atoms with E-state index < -0.39 is 0 Å². The second kappa shape index (κ2) is 9.22. The first kappa shape index (κ1) is 20.4. The van der Waals surface area contributed by atoms with Gasteiger partial charge in [0.15, 0.2) is 11.5 Å². The zero-order chi connectivity index (χ0) is 20.1. The lowest BCUT2D eigenvalue weighted by Gasteiger charge is -2.13. The van der Waals surface area contributed by atoms with E-state index in [9.17, 15) is 4.39 Å². The first-order valence-corrected chi connectivity index (χ1v) is 9.69. The van der Waals surface area contributed by atoms with E-state index in [0.29, 0.717) is 23.1 Å². The first-order valence-electron chi connectivity index (χ1n) is 8.52. The van der Waals surface area contributed by atoms with Gasteiger partial charge >= 0.3 is 0 Å². The summed E-state index contributed by atoms with van der Waals surface area (Å²) < 4.78 is 25.1. The van der Waals surface area contributed by atoms with Crippen molar-refractivity contribution in [3.05, 3.63) is 86.6 Å². The molecule has 0 spiro atoms. The van der Waals surface area contributed by atoms with Crippen LogP contribution in [0.15, 0.2) is 64.1 Å². The molecule has 3 aromatic rings. The van der Waals surface area contributed by atoms with Crippen molar-refractivity contribution in [3.63, 3.8) is 0 Å². The minimum Gasteiger partial charge on any atom is -0.493 e. The summed E-state index contributed by atoms with van der Waals surface area (Å²) in [6.45, 7) is 2.22. The second-order valence-electron chi connectivity index (χ2n) is 6.09. The van der Waals surface area contributed by atoms with Gasteiger partial charge in [0.2, 0.25) is 0 Å². The summed E-state index contributed by atoms with van der Waals surface area (Å²) in [4.78, 5) is 4.52. The molecule has 0 aromatic heterocycles.